The van der Waals surface area contributed by atoms with Gasteiger partial charge in [0.2, 0.25) is 0 Å². The smallest absolute Gasteiger partial charge is 0.277 e. The van der Waals surface area contributed by atoms with E-state index in [1.165, 1.54) is 6.07 Å². The van der Waals surface area contributed by atoms with E-state index in [-0.39, 0.29) is 18.1 Å². The number of hydrogen-bond donors (Lipinski definition) is 1. The zero-order valence-electron chi connectivity index (χ0n) is 16.7. The Morgan fingerprint density at radius 3 is 2.58 bits per heavy atom. The van der Waals surface area contributed by atoms with E-state index in [1.807, 2.05) is 13.8 Å². The quantitative estimate of drug-likeness (QED) is 0.386. The predicted molar refractivity (Wildman–Crippen MR) is 120 cm³/mol. The van der Waals surface area contributed by atoms with Crippen molar-refractivity contribution >= 4 is 43.6 Å². The van der Waals surface area contributed by atoms with Crippen molar-refractivity contribution in [1.82, 2.24) is 29.3 Å². The molecular formula is C20H18Br2FN7O. The molecular weight excluding hydrogens is 533 g/mol. The van der Waals surface area contributed by atoms with Gasteiger partial charge in [0.1, 0.15) is 12.5 Å². The fourth-order valence-electron chi connectivity index (χ4n) is 3.05. The van der Waals surface area contributed by atoms with Crippen LogP contribution in [-0.2, 0) is 13.2 Å². The maximum absolute atomic E-state index is 13.9. The van der Waals surface area contributed by atoms with Gasteiger partial charge in [-0.1, -0.05) is 18.2 Å². The van der Waals surface area contributed by atoms with Crippen LogP contribution in [0.3, 0.4) is 0 Å². The van der Waals surface area contributed by atoms with Crippen LogP contribution in [0, 0.1) is 19.7 Å². The topological polar surface area (TPSA) is 82.6 Å². The molecule has 0 spiro atoms. The van der Waals surface area contributed by atoms with E-state index in [0.29, 0.717) is 22.5 Å². The van der Waals surface area contributed by atoms with Crippen molar-refractivity contribution in [2.75, 3.05) is 5.32 Å². The highest BCUT2D eigenvalue weighted by atomic mass is 79.9. The van der Waals surface area contributed by atoms with E-state index in [9.17, 15) is 9.18 Å². The highest BCUT2D eigenvalue weighted by Gasteiger charge is 2.16. The van der Waals surface area contributed by atoms with Gasteiger partial charge >= 0.3 is 0 Å². The summed E-state index contributed by atoms with van der Waals surface area (Å²) in [4.78, 5) is 12.6. The number of carbonyl (C=O) groups excluding carboxylic acids is 1. The molecule has 4 aromatic rings. The zero-order valence-corrected chi connectivity index (χ0v) is 19.9. The Balaban J connectivity index is 1.45. The minimum absolute atomic E-state index is 0.244. The largest absolute Gasteiger partial charge is 0.303 e. The van der Waals surface area contributed by atoms with E-state index < -0.39 is 5.91 Å². The Bertz CT molecular complexity index is 1260. The van der Waals surface area contributed by atoms with Gasteiger partial charge in [0.25, 0.3) is 5.91 Å². The molecule has 0 atom stereocenters. The molecule has 0 aliphatic rings. The number of aromatic nitrogens is 6. The Kier molecular flexibility index (Phi) is 6.05. The Morgan fingerprint density at radius 2 is 1.87 bits per heavy atom. The lowest BCUT2D eigenvalue weighted by atomic mass is 10.2. The molecule has 1 amide bonds. The van der Waals surface area contributed by atoms with Crippen LogP contribution < -0.4 is 5.32 Å². The first-order valence-electron chi connectivity index (χ1n) is 9.32. The molecule has 8 nitrogen and oxygen atoms in total. The molecule has 0 saturated heterocycles. The lowest BCUT2D eigenvalue weighted by Crippen LogP contribution is -2.16. The maximum atomic E-state index is 13.9. The Hall–Kier alpha value is -2.79. The fourth-order valence-corrected chi connectivity index (χ4v) is 3.75. The molecule has 0 bridgehead atoms. The average molecular weight is 551 g/mol. The second-order valence-electron chi connectivity index (χ2n) is 6.93. The van der Waals surface area contributed by atoms with Crippen molar-refractivity contribution in [2.24, 2.45) is 0 Å². The first kappa shape index (κ1) is 21.4. The van der Waals surface area contributed by atoms with E-state index in [0.717, 1.165) is 15.9 Å². The van der Waals surface area contributed by atoms with Crippen LogP contribution in [0.25, 0.3) is 0 Å². The fraction of sp³-hybridized carbons (Fsp3) is 0.200. The Labute approximate surface area is 194 Å². The summed E-state index contributed by atoms with van der Waals surface area (Å²) in [5.74, 6) is -0.372. The lowest BCUT2D eigenvalue weighted by molar-refractivity contribution is 0.102. The van der Waals surface area contributed by atoms with Crippen molar-refractivity contribution in [1.29, 1.82) is 0 Å². The minimum Gasteiger partial charge on any atom is -0.303 e. The molecule has 1 N–H and O–H groups in total. The van der Waals surface area contributed by atoms with Crippen molar-refractivity contribution in [3.05, 3.63) is 80.1 Å². The minimum atomic E-state index is -0.398. The van der Waals surface area contributed by atoms with E-state index in [1.54, 1.807) is 50.7 Å². The third kappa shape index (κ3) is 4.62. The molecule has 4 rings (SSSR count). The predicted octanol–water partition coefficient (Wildman–Crippen LogP) is 4.36. The first-order valence-corrected chi connectivity index (χ1v) is 10.9. The summed E-state index contributed by atoms with van der Waals surface area (Å²) in [5, 5.41) is 15.8. The van der Waals surface area contributed by atoms with Crippen LogP contribution in [0.2, 0.25) is 0 Å². The highest BCUT2D eigenvalue weighted by Crippen LogP contribution is 2.22. The van der Waals surface area contributed by atoms with Gasteiger partial charge in [0.15, 0.2) is 11.5 Å². The van der Waals surface area contributed by atoms with E-state index in [4.69, 9.17) is 0 Å². The molecule has 0 radical (unpaired) electrons. The number of amides is 1. The molecule has 3 heterocycles. The molecule has 31 heavy (non-hydrogen) atoms. The second-order valence-corrected chi connectivity index (χ2v) is 8.58. The van der Waals surface area contributed by atoms with Crippen molar-refractivity contribution in [2.45, 2.75) is 27.1 Å². The van der Waals surface area contributed by atoms with E-state index >= 15 is 0 Å². The standard InChI is InChI=1S/C20H18Br2FN7O/c1-12-18(22)13(2)30(25-12)11-28-8-7-17(26-28)20(31)24-19-15(21)10-29(27-19)9-14-5-3-4-6-16(14)23/h3-8,10H,9,11H2,1-2H3,(H,24,27,31). The number of aryl methyl sites for hydroxylation is 1. The van der Waals surface area contributed by atoms with Gasteiger partial charge in [-0.2, -0.15) is 15.3 Å². The molecule has 0 fully saturated rings. The summed E-state index contributed by atoms with van der Waals surface area (Å²) in [7, 11) is 0. The molecule has 3 aromatic heterocycles. The van der Waals surface area contributed by atoms with Crippen molar-refractivity contribution < 1.29 is 9.18 Å². The number of rotatable bonds is 6. The number of nitrogens with one attached hydrogen (secondary N) is 1. The van der Waals surface area contributed by atoms with Crippen LogP contribution in [0.5, 0.6) is 0 Å². The van der Waals surface area contributed by atoms with Crippen LogP contribution in [0.1, 0.15) is 27.4 Å². The van der Waals surface area contributed by atoms with Crippen LogP contribution in [0.15, 0.2) is 51.7 Å². The van der Waals surface area contributed by atoms with Gasteiger partial charge in [0, 0.05) is 18.0 Å². The zero-order chi connectivity index (χ0) is 22.1. The van der Waals surface area contributed by atoms with Gasteiger partial charge in [-0.3, -0.25) is 14.2 Å². The normalized spacial score (nSPS) is 11.1. The number of anilines is 1. The van der Waals surface area contributed by atoms with Gasteiger partial charge < -0.3 is 5.32 Å². The summed E-state index contributed by atoms with van der Waals surface area (Å²) < 4.78 is 20.4. The average Bonchev–Trinajstić information content (AvgIpc) is 3.40. The third-order valence-corrected chi connectivity index (χ3v) is 6.41. The first-order chi connectivity index (χ1) is 14.8. The second kappa shape index (κ2) is 8.75. The molecule has 0 aliphatic heterocycles. The maximum Gasteiger partial charge on any atom is 0.277 e. The number of nitrogens with zero attached hydrogens (tertiary/aromatic N) is 6. The monoisotopic (exact) mass is 549 g/mol. The SMILES string of the molecule is Cc1nn(Cn2ccc(C(=O)Nc3nn(Cc4ccccc4F)cc3Br)n2)c(C)c1Br. The molecule has 0 aliphatic carbocycles. The molecule has 0 saturated carbocycles. The van der Waals surface area contributed by atoms with Crippen molar-refractivity contribution in [3.8, 4) is 0 Å². The third-order valence-electron chi connectivity index (χ3n) is 4.68. The number of halogens is 3. The molecule has 0 unspecified atom stereocenters. The number of carbonyl (C=O) groups is 1. The summed E-state index contributed by atoms with van der Waals surface area (Å²) in [6, 6.07) is 8.12. The highest BCUT2D eigenvalue weighted by molar-refractivity contribution is 9.11. The molecule has 11 heteroatoms. The summed E-state index contributed by atoms with van der Waals surface area (Å²) in [6.45, 7) is 4.50. The van der Waals surface area contributed by atoms with Crippen LogP contribution in [-0.4, -0.2) is 35.2 Å². The molecule has 160 valence electrons. The van der Waals surface area contributed by atoms with Crippen LogP contribution in [0.4, 0.5) is 10.2 Å². The van der Waals surface area contributed by atoms with Crippen molar-refractivity contribution in [3.63, 3.8) is 0 Å². The van der Waals surface area contributed by atoms with E-state index in [2.05, 4.69) is 52.5 Å². The lowest BCUT2D eigenvalue weighted by Gasteiger charge is -2.05. The number of benzene rings is 1. The van der Waals surface area contributed by atoms with Gasteiger partial charge in [-0.25, -0.2) is 9.07 Å². The number of hydrogen-bond acceptors (Lipinski definition) is 4. The van der Waals surface area contributed by atoms with Crippen LogP contribution >= 0.6 is 31.9 Å². The molecule has 1 aromatic carbocycles. The van der Waals surface area contributed by atoms with Gasteiger partial charge in [-0.15, -0.1) is 0 Å². The summed E-state index contributed by atoms with van der Waals surface area (Å²) >= 11 is 6.88. The summed E-state index contributed by atoms with van der Waals surface area (Å²) in [5.41, 5.74) is 2.61. The summed E-state index contributed by atoms with van der Waals surface area (Å²) in [6.07, 6.45) is 3.40. The van der Waals surface area contributed by atoms with Gasteiger partial charge in [0.05, 0.1) is 26.9 Å². The van der Waals surface area contributed by atoms with Gasteiger partial charge in [-0.05, 0) is 57.8 Å². The Morgan fingerprint density at radius 1 is 1.10 bits per heavy atom.